The first-order valence-corrected chi connectivity index (χ1v) is 6.18. The van der Waals surface area contributed by atoms with Crippen molar-refractivity contribution >= 4 is 11.6 Å². The maximum Gasteiger partial charge on any atom is 0.253 e. The largest absolute Gasteiger partial charge is 0.393 e. The van der Waals surface area contributed by atoms with Crippen molar-refractivity contribution in [3.05, 3.63) is 18.0 Å². The van der Waals surface area contributed by atoms with E-state index in [0.29, 0.717) is 12.1 Å². The lowest BCUT2D eigenvalue weighted by molar-refractivity contribution is -0.126. The summed E-state index contributed by atoms with van der Waals surface area (Å²) in [5.41, 5.74) is 0.631. The molecule has 0 radical (unpaired) electrons. The van der Waals surface area contributed by atoms with E-state index in [-0.39, 0.29) is 17.7 Å². The molecule has 3 atom stereocenters. The summed E-state index contributed by atoms with van der Waals surface area (Å²) >= 11 is 0. The van der Waals surface area contributed by atoms with Gasteiger partial charge in [-0.2, -0.15) is 10.2 Å². The van der Waals surface area contributed by atoms with E-state index < -0.39 is 18.8 Å². The third-order valence-corrected chi connectivity index (χ3v) is 2.98. The Balaban J connectivity index is 2.00. The van der Waals surface area contributed by atoms with Crippen molar-refractivity contribution in [3.8, 4) is 0 Å². The van der Waals surface area contributed by atoms with E-state index in [1.807, 2.05) is 6.92 Å². The summed E-state index contributed by atoms with van der Waals surface area (Å²) in [6.07, 6.45) is 1.47. The van der Waals surface area contributed by atoms with E-state index in [9.17, 15) is 9.90 Å². The van der Waals surface area contributed by atoms with Gasteiger partial charge in [0.1, 0.15) is 12.2 Å². The number of ether oxygens (including phenoxy) is 1. The van der Waals surface area contributed by atoms with Crippen LogP contribution >= 0.6 is 0 Å². The first kappa shape index (κ1) is 13.9. The first-order chi connectivity index (χ1) is 9.10. The fourth-order valence-corrected chi connectivity index (χ4v) is 1.93. The maximum atomic E-state index is 11.9. The zero-order chi connectivity index (χ0) is 13.8. The first-order valence-electron chi connectivity index (χ1n) is 6.18. The summed E-state index contributed by atoms with van der Waals surface area (Å²) in [6.45, 7) is 1.48. The highest BCUT2D eigenvalue weighted by molar-refractivity contribution is 5.94. The Morgan fingerprint density at radius 2 is 2.42 bits per heavy atom. The van der Waals surface area contributed by atoms with Crippen LogP contribution < -0.4 is 5.32 Å². The van der Waals surface area contributed by atoms with Crippen molar-refractivity contribution in [2.75, 3.05) is 11.9 Å². The van der Waals surface area contributed by atoms with Gasteiger partial charge in [-0.3, -0.25) is 4.79 Å². The molecule has 7 nitrogen and oxygen atoms in total. The van der Waals surface area contributed by atoms with Crippen LogP contribution in [0.3, 0.4) is 0 Å². The molecule has 3 unspecified atom stereocenters. The molecule has 2 rings (SSSR count). The molecule has 0 bridgehead atoms. The lowest BCUT2D eigenvalue weighted by atomic mass is 10.2. The van der Waals surface area contributed by atoms with E-state index in [4.69, 9.17) is 9.84 Å². The van der Waals surface area contributed by atoms with E-state index >= 15 is 0 Å². The van der Waals surface area contributed by atoms with E-state index in [0.717, 1.165) is 6.42 Å². The van der Waals surface area contributed by atoms with Crippen LogP contribution in [0, 0.1) is 0 Å². The molecule has 104 valence electrons. The van der Waals surface area contributed by atoms with Gasteiger partial charge in [0.25, 0.3) is 5.91 Å². The van der Waals surface area contributed by atoms with Gasteiger partial charge < -0.3 is 20.3 Å². The van der Waals surface area contributed by atoms with Crippen LogP contribution in [0.25, 0.3) is 0 Å². The molecule has 1 aromatic rings. The standard InChI is InChI=1S/C12H17N3O4/c1-7-2-3-11(19-7)12(18)14-8-4-9(10(17)6-16)15-13-5-8/h4-5,7,10-11,16-17H,2-3,6H2,1H3,(H,14,15,18). The molecule has 1 saturated heterocycles. The number of carbonyl (C=O) groups is 1. The van der Waals surface area contributed by atoms with Crippen molar-refractivity contribution in [1.82, 2.24) is 10.2 Å². The second kappa shape index (κ2) is 6.05. The minimum Gasteiger partial charge on any atom is -0.393 e. The van der Waals surface area contributed by atoms with Gasteiger partial charge in [-0.05, 0) is 25.8 Å². The average molecular weight is 267 g/mol. The van der Waals surface area contributed by atoms with Crippen LogP contribution in [0.2, 0.25) is 0 Å². The molecule has 1 aromatic heterocycles. The number of hydrogen-bond donors (Lipinski definition) is 3. The van der Waals surface area contributed by atoms with Crippen molar-refractivity contribution in [3.63, 3.8) is 0 Å². The minimum absolute atomic E-state index is 0.0955. The molecular formula is C12H17N3O4. The Morgan fingerprint density at radius 1 is 1.63 bits per heavy atom. The number of amides is 1. The molecule has 0 saturated carbocycles. The molecule has 1 aliphatic heterocycles. The fourth-order valence-electron chi connectivity index (χ4n) is 1.93. The van der Waals surface area contributed by atoms with Crippen LogP contribution in [0.1, 0.15) is 31.6 Å². The lowest BCUT2D eigenvalue weighted by Gasteiger charge is -2.12. The van der Waals surface area contributed by atoms with Gasteiger partial charge in [0, 0.05) is 0 Å². The Labute approximate surface area is 110 Å². The van der Waals surface area contributed by atoms with Crippen molar-refractivity contribution in [2.45, 2.75) is 38.1 Å². The number of hydrogen-bond acceptors (Lipinski definition) is 6. The second-order valence-corrected chi connectivity index (χ2v) is 4.57. The molecule has 0 aliphatic carbocycles. The Bertz CT molecular complexity index is 454. The Morgan fingerprint density at radius 3 is 3.05 bits per heavy atom. The number of aromatic nitrogens is 2. The number of aliphatic hydroxyl groups is 2. The van der Waals surface area contributed by atoms with Crippen molar-refractivity contribution in [2.24, 2.45) is 0 Å². The highest BCUT2D eigenvalue weighted by Gasteiger charge is 2.28. The topological polar surface area (TPSA) is 105 Å². The van der Waals surface area contributed by atoms with E-state index in [1.165, 1.54) is 12.3 Å². The fraction of sp³-hybridized carbons (Fsp3) is 0.583. The van der Waals surface area contributed by atoms with Crippen LogP contribution in [-0.4, -0.2) is 45.1 Å². The van der Waals surface area contributed by atoms with Crippen molar-refractivity contribution < 1.29 is 19.7 Å². The zero-order valence-electron chi connectivity index (χ0n) is 10.6. The molecule has 3 N–H and O–H groups in total. The highest BCUT2D eigenvalue weighted by Crippen LogP contribution is 2.21. The van der Waals surface area contributed by atoms with Gasteiger partial charge in [0.05, 0.1) is 30.3 Å². The van der Waals surface area contributed by atoms with Crippen LogP contribution in [0.15, 0.2) is 12.3 Å². The van der Waals surface area contributed by atoms with Crippen LogP contribution in [0.4, 0.5) is 5.69 Å². The number of rotatable bonds is 4. The van der Waals surface area contributed by atoms with Gasteiger partial charge in [0.15, 0.2) is 0 Å². The van der Waals surface area contributed by atoms with Gasteiger partial charge >= 0.3 is 0 Å². The number of aliphatic hydroxyl groups excluding tert-OH is 2. The smallest absolute Gasteiger partial charge is 0.253 e. The normalized spacial score (nSPS) is 24.2. The SMILES string of the molecule is CC1CCC(C(=O)Nc2cnnc(C(O)CO)c2)O1. The molecule has 0 spiro atoms. The van der Waals surface area contributed by atoms with Crippen molar-refractivity contribution in [1.29, 1.82) is 0 Å². The summed E-state index contributed by atoms with van der Waals surface area (Å²) in [5, 5.41) is 28.3. The quantitative estimate of drug-likeness (QED) is 0.709. The lowest BCUT2D eigenvalue weighted by Crippen LogP contribution is -2.27. The predicted molar refractivity (Wildman–Crippen MR) is 66.3 cm³/mol. The molecular weight excluding hydrogens is 250 g/mol. The summed E-state index contributed by atoms with van der Waals surface area (Å²) in [5.74, 6) is -0.234. The third-order valence-electron chi connectivity index (χ3n) is 2.98. The second-order valence-electron chi connectivity index (χ2n) is 4.57. The summed E-state index contributed by atoms with van der Waals surface area (Å²) in [6, 6.07) is 1.48. The van der Waals surface area contributed by atoms with Crippen LogP contribution in [-0.2, 0) is 9.53 Å². The summed E-state index contributed by atoms with van der Waals surface area (Å²) < 4.78 is 5.46. The molecule has 1 amide bonds. The molecule has 2 heterocycles. The zero-order valence-corrected chi connectivity index (χ0v) is 10.6. The van der Waals surface area contributed by atoms with Gasteiger partial charge in [-0.25, -0.2) is 0 Å². The molecule has 1 aliphatic rings. The Kier molecular flexibility index (Phi) is 4.41. The minimum atomic E-state index is -1.10. The molecule has 0 aromatic carbocycles. The average Bonchev–Trinajstić information content (AvgIpc) is 2.85. The van der Waals surface area contributed by atoms with E-state index in [2.05, 4.69) is 15.5 Å². The van der Waals surface area contributed by atoms with E-state index in [1.54, 1.807) is 0 Å². The van der Waals surface area contributed by atoms with Gasteiger partial charge in [-0.15, -0.1) is 0 Å². The number of nitrogens with one attached hydrogen (secondary N) is 1. The molecule has 19 heavy (non-hydrogen) atoms. The maximum absolute atomic E-state index is 11.9. The number of carbonyl (C=O) groups excluding carboxylic acids is 1. The third kappa shape index (κ3) is 3.46. The van der Waals surface area contributed by atoms with Gasteiger partial charge in [-0.1, -0.05) is 0 Å². The van der Waals surface area contributed by atoms with Crippen LogP contribution in [0.5, 0.6) is 0 Å². The number of anilines is 1. The summed E-state index contributed by atoms with van der Waals surface area (Å²) in [7, 11) is 0. The summed E-state index contributed by atoms with van der Waals surface area (Å²) in [4.78, 5) is 11.9. The number of nitrogens with zero attached hydrogens (tertiary/aromatic N) is 2. The molecule has 1 fully saturated rings. The molecule has 7 heteroatoms. The Hall–Kier alpha value is -1.57. The highest BCUT2D eigenvalue weighted by atomic mass is 16.5. The van der Waals surface area contributed by atoms with Gasteiger partial charge in [0.2, 0.25) is 0 Å². The predicted octanol–water partition coefficient (Wildman–Crippen LogP) is 0.00830. The monoisotopic (exact) mass is 267 g/mol.